The first-order valence-corrected chi connectivity index (χ1v) is 3.28. The molecule has 3 nitrogen and oxygen atoms in total. The molecule has 0 saturated carbocycles. The lowest BCUT2D eigenvalue weighted by molar-refractivity contribution is -0.137. The van der Waals surface area contributed by atoms with Crippen molar-refractivity contribution in [3.05, 3.63) is 37.6 Å². The summed E-state index contributed by atoms with van der Waals surface area (Å²) in [5, 5.41) is 7.33. The van der Waals surface area contributed by atoms with E-state index in [-0.39, 0.29) is 12.6 Å². The lowest BCUT2D eigenvalue weighted by atomic mass is 10.4. The number of rotatable bonds is 3. The second-order valence-electron chi connectivity index (χ2n) is 1.85. The third-order valence-corrected chi connectivity index (χ3v) is 0.681. The number of ether oxygens (including phenoxy) is 1. The molecule has 1 N–H and O–H groups in total. The van der Waals surface area contributed by atoms with E-state index in [0.717, 1.165) is 6.26 Å². The van der Waals surface area contributed by atoms with Crippen molar-refractivity contribution in [1.29, 1.82) is 0 Å². The Morgan fingerprint density at radius 2 is 2.00 bits per heavy atom. The van der Waals surface area contributed by atoms with E-state index in [0.29, 0.717) is 5.57 Å². The molecule has 0 radical (unpaired) electrons. The Labute approximate surface area is 72.7 Å². The van der Waals surface area contributed by atoms with Gasteiger partial charge in [-0.1, -0.05) is 25.8 Å². The number of carbonyl (C=O) groups is 1. The average molecular weight is 170 g/mol. The summed E-state index contributed by atoms with van der Waals surface area (Å²) in [5.41, 5.74) is 0.414. The molecular weight excluding hydrogens is 156 g/mol. The van der Waals surface area contributed by atoms with Crippen LogP contribution in [-0.4, -0.2) is 17.7 Å². The second-order valence-corrected chi connectivity index (χ2v) is 1.85. The van der Waals surface area contributed by atoms with Gasteiger partial charge in [0.05, 0.1) is 6.26 Å². The maximum absolute atomic E-state index is 10.5. The van der Waals surface area contributed by atoms with Crippen molar-refractivity contribution < 1.29 is 14.6 Å². The van der Waals surface area contributed by atoms with Crippen molar-refractivity contribution in [2.45, 2.75) is 6.92 Å². The molecule has 0 aromatic carbocycles. The molecule has 0 atom stereocenters. The van der Waals surface area contributed by atoms with Gasteiger partial charge in [0.2, 0.25) is 0 Å². The minimum atomic E-state index is -0.366. The maximum Gasteiger partial charge on any atom is 0.333 e. The Morgan fingerprint density at radius 1 is 1.58 bits per heavy atom. The highest BCUT2D eigenvalue weighted by Gasteiger charge is 1.98. The van der Waals surface area contributed by atoms with Gasteiger partial charge in [0, 0.05) is 5.57 Å². The molecule has 0 spiro atoms. The van der Waals surface area contributed by atoms with E-state index in [4.69, 9.17) is 5.11 Å². The van der Waals surface area contributed by atoms with Crippen molar-refractivity contribution in [1.82, 2.24) is 0 Å². The first-order valence-electron chi connectivity index (χ1n) is 3.28. The quantitative estimate of drug-likeness (QED) is 0.305. The molecule has 0 fully saturated rings. The first kappa shape index (κ1) is 13.1. The summed E-state index contributed by atoms with van der Waals surface area (Å²) in [5.74, 6) is -0.366. The fourth-order valence-electron chi connectivity index (χ4n) is 0.258. The molecule has 0 aliphatic rings. The van der Waals surface area contributed by atoms with Crippen LogP contribution in [0.15, 0.2) is 37.6 Å². The Kier molecular flexibility index (Phi) is 10.4. The van der Waals surface area contributed by atoms with Crippen LogP contribution in [0.5, 0.6) is 0 Å². The van der Waals surface area contributed by atoms with Gasteiger partial charge < -0.3 is 9.84 Å². The Bertz CT molecular complexity index is 171. The highest BCUT2D eigenvalue weighted by atomic mass is 16.5. The van der Waals surface area contributed by atoms with Gasteiger partial charge in [-0.15, -0.1) is 0 Å². The summed E-state index contributed by atoms with van der Waals surface area (Å²) in [7, 11) is 0. The zero-order valence-electron chi connectivity index (χ0n) is 7.25. The summed E-state index contributed by atoms with van der Waals surface area (Å²) in [6.45, 7) is 11.6. The van der Waals surface area contributed by atoms with Gasteiger partial charge in [-0.25, -0.2) is 4.79 Å². The van der Waals surface area contributed by atoms with Crippen molar-refractivity contribution in [3.63, 3.8) is 0 Å². The predicted octanol–water partition coefficient (Wildman–Crippen LogP) is 1.98. The van der Waals surface area contributed by atoms with Crippen LogP contribution in [-0.2, 0) is 9.53 Å². The number of esters is 1. The number of carbonyl (C=O) groups excluding carboxylic acids is 1. The number of hydrogen-bond acceptors (Lipinski definition) is 3. The molecular formula is C9H14O3. The second kappa shape index (κ2) is 9.49. The van der Waals surface area contributed by atoms with E-state index >= 15 is 0 Å². The van der Waals surface area contributed by atoms with Crippen molar-refractivity contribution in [2.24, 2.45) is 0 Å². The Hall–Kier alpha value is -1.51. The average Bonchev–Trinajstić information content (AvgIpc) is 2.01. The van der Waals surface area contributed by atoms with Crippen LogP contribution in [0.25, 0.3) is 0 Å². The third kappa shape index (κ3) is 11.3. The predicted molar refractivity (Wildman–Crippen MR) is 48.8 cm³/mol. The molecule has 0 aliphatic heterocycles. The molecule has 0 saturated heterocycles. The van der Waals surface area contributed by atoms with Crippen LogP contribution in [0.4, 0.5) is 0 Å². The molecule has 0 aromatic heterocycles. The SMILES string of the molecule is C=CCOC(=O)C(=C)C.C=CO. The van der Waals surface area contributed by atoms with E-state index in [1.54, 1.807) is 6.92 Å². The Morgan fingerprint density at radius 3 is 2.25 bits per heavy atom. The summed E-state index contributed by atoms with van der Waals surface area (Å²) in [4.78, 5) is 10.5. The van der Waals surface area contributed by atoms with Gasteiger partial charge in [-0.3, -0.25) is 0 Å². The fourth-order valence-corrected chi connectivity index (χ4v) is 0.258. The van der Waals surface area contributed by atoms with E-state index in [2.05, 4.69) is 24.5 Å². The van der Waals surface area contributed by atoms with E-state index in [9.17, 15) is 4.79 Å². The highest BCUT2D eigenvalue weighted by Crippen LogP contribution is 1.90. The fraction of sp³-hybridized carbons (Fsp3) is 0.222. The molecule has 0 heterocycles. The molecule has 0 rings (SSSR count). The van der Waals surface area contributed by atoms with Crippen LogP contribution in [0.3, 0.4) is 0 Å². The van der Waals surface area contributed by atoms with Crippen LogP contribution >= 0.6 is 0 Å². The van der Waals surface area contributed by atoms with Crippen LogP contribution in [0, 0.1) is 0 Å². The molecule has 0 aromatic rings. The zero-order chi connectivity index (χ0) is 9.98. The number of aliphatic hydroxyl groups is 1. The third-order valence-electron chi connectivity index (χ3n) is 0.681. The largest absolute Gasteiger partial charge is 0.516 e. The van der Waals surface area contributed by atoms with Gasteiger partial charge in [0.15, 0.2) is 0 Å². The Balaban J connectivity index is 0. The minimum absolute atomic E-state index is 0.256. The van der Waals surface area contributed by atoms with Crippen LogP contribution in [0.1, 0.15) is 6.92 Å². The highest BCUT2D eigenvalue weighted by molar-refractivity contribution is 5.86. The number of hydrogen-bond donors (Lipinski definition) is 1. The summed E-state index contributed by atoms with van der Waals surface area (Å²) >= 11 is 0. The van der Waals surface area contributed by atoms with Gasteiger partial charge in [0.25, 0.3) is 0 Å². The lowest BCUT2D eigenvalue weighted by Crippen LogP contribution is -2.03. The topological polar surface area (TPSA) is 46.5 Å². The molecule has 68 valence electrons. The standard InChI is InChI=1S/C7H10O2.C2H4O/c1-4-5-9-7(8)6(2)3;1-2-3/h4H,1-2,5H2,3H3;2-3H,1H2. The van der Waals surface area contributed by atoms with Gasteiger partial charge in [-0.2, -0.15) is 0 Å². The van der Waals surface area contributed by atoms with Crippen molar-refractivity contribution >= 4 is 5.97 Å². The monoisotopic (exact) mass is 170 g/mol. The maximum atomic E-state index is 10.5. The minimum Gasteiger partial charge on any atom is -0.516 e. The normalized spacial score (nSPS) is 7.08. The van der Waals surface area contributed by atoms with E-state index in [1.165, 1.54) is 6.08 Å². The van der Waals surface area contributed by atoms with Gasteiger partial charge in [0.1, 0.15) is 6.61 Å². The van der Waals surface area contributed by atoms with Crippen LogP contribution < -0.4 is 0 Å². The van der Waals surface area contributed by atoms with Crippen molar-refractivity contribution in [2.75, 3.05) is 6.61 Å². The summed E-state index contributed by atoms with van der Waals surface area (Å²) in [6.07, 6.45) is 2.26. The molecule has 12 heavy (non-hydrogen) atoms. The molecule has 0 unspecified atom stereocenters. The first-order chi connectivity index (χ1) is 5.59. The van der Waals surface area contributed by atoms with Crippen molar-refractivity contribution in [3.8, 4) is 0 Å². The molecule has 3 heteroatoms. The lowest BCUT2D eigenvalue weighted by Gasteiger charge is -1.97. The molecule has 0 aliphatic carbocycles. The number of aliphatic hydroxyl groups excluding tert-OH is 1. The summed E-state index contributed by atoms with van der Waals surface area (Å²) in [6, 6.07) is 0. The van der Waals surface area contributed by atoms with E-state index < -0.39 is 0 Å². The van der Waals surface area contributed by atoms with Crippen LogP contribution in [0.2, 0.25) is 0 Å². The smallest absolute Gasteiger partial charge is 0.333 e. The summed E-state index contributed by atoms with van der Waals surface area (Å²) < 4.78 is 4.60. The molecule has 0 amide bonds. The zero-order valence-corrected chi connectivity index (χ0v) is 7.25. The van der Waals surface area contributed by atoms with Gasteiger partial charge >= 0.3 is 5.97 Å². The van der Waals surface area contributed by atoms with Gasteiger partial charge in [-0.05, 0) is 6.92 Å². The van der Waals surface area contributed by atoms with E-state index in [1.807, 2.05) is 0 Å². The molecule has 0 bridgehead atoms.